The van der Waals surface area contributed by atoms with Gasteiger partial charge in [-0.15, -0.1) is 0 Å². The highest BCUT2D eigenvalue weighted by Gasteiger charge is 2.28. The van der Waals surface area contributed by atoms with E-state index in [9.17, 15) is 13.2 Å². The number of carbonyl (C=O) groups is 1. The normalized spacial score (nSPS) is 15.1. The molecular formula is C22H27N5O4S. The Morgan fingerprint density at radius 1 is 1.19 bits per heavy atom. The Balaban J connectivity index is 1.51. The molecule has 4 rings (SSSR count). The zero-order valence-electron chi connectivity index (χ0n) is 18.4. The predicted molar refractivity (Wildman–Crippen MR) is 119 cm³/mol. The van der Waals surface area contributed by atoms with Crippen molar-refractivity contribution >= 4 is 15.9 Å². The maximum absolute atomic E-state index is 13.0. The summed E-state index contributed by atoms with van der Waals surface area (Å²) >= 11 is 0. The molecule has 0 bridgehead atoms. The Bertz CT molecular complexity index is 1210. The van der Waals surface area contributed by atoms with E-state index < -0.39 is 10.0 Å². The van der Waals surface area contributed by atoms with Crippen molar-refractivity contribution in [3.05, 3.63) is 65.2 Å². The highest BCUT2D eigenvalue weighted by atomic mass is 32.2. The average molecular weight is 458 g/mol. The quantitative estimate of drug-likeness (QED) is 0.611. The number of aromatic nitrogens is 3. The lowest BCUT2D eigenvalue weighted by molar-refractivity contribution is 0.0730. The molecule has 32 heavy (non-hydrogen) atoms. The first-order valence-electron chi connectivity index (χ1n) is 10.4. The number of benzene rings is 1. The van der Waals surface area contributed by atoms with E-state index in [-0.39, 0.29) is 16.5 Å². The van der Waals surface area contributed by atoms with E-state index in [2.05, 4.69) is 10.1 Å². The van der Waals surface area contributed by atoms with Gasteiger partial charge in [0.2, 0.25) is 10.0 Å². The highest BCUT2D eigenvalue weighted by molar-refractivity contribution is 7.89. The maximum Gasteiger partial charge on any atom is 0.270 e. The molecule has 1 fully saturated rings. The summed E-state index contributed by atoms with van der Waals surface area (Å²) in [4.78, 5) is 17.5. The highest BCUT2D eigenvalue weighted by Crippen LogP contribution is 2.22. The number of aromatic amines is 1. The van der Waals surface area contributed by atoms with E-state index in [0.717, 1.165) is 22.6 Å². The van der Waals surface area contributed by atoms with Gasteiger partial charge < -0.3 is 14.6 Å². The summed E-state index contributed by atoms with van der Waals surface area (Å²) < 4.78 is 34.1. The van der Waals surface area contributed by atoms with Gasteiger partial charge >= 0.3 is 0 Å². The van der Waals surface area contributed by atoms with Crippen LogP contribution in [0, 0.1) is 13.8 Å². The third-order valence-corrected chi connectivity index (χ3v) is 7.56. The summed E-state index contributed by atoms with van der Waals surface area (Å²) in [6, 6.07) is 11.2. The van der Waals surface area contributed by atoms with Gasteiger partial charge in [-0.25, -0.2) is 13.1 Å². The second kappa shape index (κ2) is 8.89. The second-order valence-electron chi connectivity index (χ2n) is 7.82. The molecule has 0 saturated carbocycles. The van der Waals surface area contributed by atoms with Crippen molar-refractivity contribution in [2.24, 2.45) is 0 Å². The van der Waals surface area contributed by atoms with E-state index in [1.807, 2.05) is 48.9 Å². The minimum atomic E-state index is -3.66. The smallest absolute Gasteiger partial charge is 0.270 e. The lowest BCUT2D eigenvalue weighted by atomic mass is 10.2. The number of nitrogens with zero attached hydrogens (tertiary/aromatic N) is 4. The van der Waals surface area contributed by atoms with Crippen LogP contribution in [0.1, 0.15) is 27.4 Å². The molecule has 0 spiro atoms. The molecule has 2 aromatic heterocycles. The van der Waals surface area contributed by atoms with Crippen LogP contribution < -0.4 is 0 Å². The fourth-order valence-electron chi connectivity index (χ4n) is 3.82. The second-order valence-corrected chi connectivity index (χ2v) is 9.76. The monoisotopic (exact) mass is 457 g/mol. The molecule has 1 aromatic carbocycles. The molecule has 3 aromatic rings. The molecule has 1 N–H and O–H groups in total. The van der Waals surface area contributed by atoms with Crippen molar-refractivity contribution in [2.75, 3.05) is 33.4 Å². The Morgan fingerprint density at radius 2 is 1.88 bits per heavy atom. The number of para-hydroxylation sites is 1. The number of rotatable bonds is 6. The van der Waals surface area contributed by atoms with Crippen LogP contribution in [-0.2, 0) is 21.3 Å². The van der Waals surface area contributed by atoms with Crippen LogP contribution in [-0.4, -0.2) is 71.6 Å². The number of H-pyrrole nitrogens is 1. The molecule has 0 aliphatic carbocycles. The van der Waals surface area contributed by atoms with E-state index in [1.54, 1.807) is 11.9 Å². The summed E-state index contributed by atoms with van der Waals surface area (Å²) in [5.74, 6) is -0.292. The van der Waals surface area contributed by atoms with Crippen molar-refractivity contribution in [1.29, 1.82) is 0 Å². The molecule has 1 amide bonds. The van der Waals surface area contributed by atoms with Crippen LogP contribution in [0.5, 0.6) is 0 Å². The molecule has 0 unspecified atom stereocenters. The standard InChI is InChI=1S/C22H27N5O4S/c1-16-20(17(2)27(24-16)18-7-5-4-6-8-18)15-25(3)22(28)21-13-19(14-23-21)32(29,30)26-9-11-31-12-10-26/h4-8,13-14,23H,9-12,15H2,1-3H3. The minimum absolute atomic E-state index is 0.0837. The van der Waals surface area contributed by atoms with Crippen LogP contribution >= 0.6 is 0 Å². The lowest BCUT2D eigenvalue weighted by Gasteiger charge is -2.25. The van der Waals surface area contributed by atoms with Crippen LogP contribution in [0.4, 0.5) is 0 Å². The summed E-state index contributed by atoms with van der Waals surface area (Å²) in [7, 11) is -1.97. The van der Waals surface area contributed by atoms with Gasteiger partial charge in [-0.05, 0) is 32.0 Å². The van der Waals surface area contributed by atoms with Crippen LogP contribution in [0.25, 0.3) is 5.69 Å². The zero-order valence-corrected chi connectivity index (χ0v) is 19.2. The van der Waals surface area contributed by atoms with Gasteiger partial charge in [0.1, 0.15) is 10.6 Å². The van der Waals surface area contributed by atoms with Crippen molar-refractivity contribution in [1.82, 2.24) is 24.0 Å². The number of morpholine rings is 1. The van der Waals surface area contributed by atoms with Gasteiger partial charge in [0.05, 0.1) is 24.6 Å². The van der Waals surface area contributed by atoms with Gasteiger partial charge in [0.25, 0.3) is 5.91 Å². The predicted octanol–water partition coefficient (Wildman–Crippen LogP) is 2.11. The zero-order chi connectivity index (χ0) is 22.9. The van der Waals surface area contributed by atoms with Crippen molar-refractivity contribution in [3.8, 4) is 5.69 Å². The topological polar surface area (TPSA) is 101 Å². The Kier molecular flexibility index (Phi) is 6.18. The number of hydrogen-bond donors (Lipinski definition) is 1. The van der Waals surface area contributed by atoms with Gasteiger partial charge in [-0.3, -0.25) is 4.79 Å². The number of aryl methyl sites for hydroxylation is 1. The first-order chi connectivity index (χ1) is 15.3. The summed E-state index contributed by atoms with van der Waals surface area (Å²) in [6.07, 6.45) is 1.37. The maximum atomic E-state index is 13.0. The van der Waals surface area contributed by atoms with Crippen LogP contribution in [0.3, 0.4) is 0 Å². The first kappa shape index (κ1) is 22.3. The summed E-state index contributed by atoms with van der Waals surface area (Å²) in [5, 5.41) is 4.63. The number of carbonyl (C=O) groups excluding carboxylic acids is 1. The Morgan fingerprint density at radius 3 is 2.56 bits per heavy atom. The number of hydrogen-bond acceptors (Lipinski definition) is 5. The van der Waals surface area contributed by atoms with Gasteiger partial charge in [-0.2, -0.15) is 9.40 Å². The number of ether oxygens (including phenoxy) is 1. The molecule has 0 atom stereocenters. The molecule has 1 aliphatic rings. The SMILES string of the molecule is Cc1nn(-c2ccccc2)c(C)c1CN(C)C(=O)c1cc(S(=O)(=O)N2CCOCC2)c[nH]1. The largest absolute Gasteiger partial charge is 0.379 e. The van der Waals surface area contributed by atoms with Gasteiger partial charge in [0, 0.05) is 44.1 Å². The fourth-order valence-corrected chi connectivity index (χ4v) is 5.22. The van der Waals surface area contributed by atoms with Gasteiger partial charge in [0.15, 0.2) is 0 Å². The number of nitrogens with one attached hydrogen (secondary N) is 1. The summed E-state index contributed by atoms with van der Waals surface area (Å²) in [6.45, 7) is 5.60. The first-order valence-corrected chi connectivity index (χ1v) is 11.9. The van der Waals surface area contributed by atoms with E-state index in [4.69, 9.17) is 4.74 Å². The molecule has 0 radical (unpaired) electrons. The van der Waals surface area contributed by atoms with Crippen LogP contribution in [0.15, 0.2) is 47.5 Å². The van der Waals surface area contributed by atoms with Crippen molar-refractivity contribution in [3.63, 3.8) is 0 Å². The third kappa shape index (κ3) is 4.21. The van der Waals surface area contributed by atoms with E-state index in [0.29, 0.717) is 32.8 Å². The molecule has 1 saturated heterocycles. The molecule has 10 heteroatoms. The Hall–Kier alpha value is -2.95. The molecule has 9 nitrogen and oxygen atoms in total. The molecule has 170 valence electrons. The number of amides is 1. The molecule has 1 aliphatic heterocycles. The lowest BCUT2D eigenvalue weighted by Crippen LogP contribution is -2.40. The molecule has 3 heterocycles. The molecular weight excluding hydrogens is 430 g/mol. The third-order valence-electron chi connectivity index (χ3n) is 5.68. The van der Waals surface area contributed by atoms with Crippen molar-refractivity contribution in [2.45, 2.75) is 25.3 Å². The number of sulfonamides is 1. The minimum Gasteiger partial charge on any atom is -0.379 e. The Labute approximate surface area is 187 Å². The van der Waals surface area contributed by atoms with E-state index >= 15 is 0 Å². The van der Waals surface area contributed by atoms with Crippen molar-refractivity contribution < 1.29 is 17.9 Å². The van der Waals surface area contributed by atoms with Gasteiger partial charge in [-0.1, -0.05) is 18.2 Å². The average Bonchev–Trinajstić information content (AvgIpc) is 3.41. The summed E-state index contributed by atoms with van der Waals surface area (Å²) in [5.41, 5.74) is 3.93. The van der Waals surface area contributed by atoms with Crippen LogP contribution in [0.2, 0.25) is 0 Å². The van der Waals surface area contributed by atoms with E-state index in [1.165, 1.54) is 16.6 Å². The fraction of sp³-hybridized carbons (Fsp3) is 0.364.